The van der Waals surface area contributed by atoms with Gasteiger partial charge in [0, 0.05) is 0 Å². The van der Waals surface area contributed by atoms with E-state index in [-0.39, 0.29) is 5.92 Å². The molecule has 0 saturated heterocycles. The molecule has 0 radical (unpaired) electrons. The fourth-order valence-electron chi connectivity index (χ4n) is 1.22. The van der Waals surface area contributed by atoms with E-state index in [1.165, 1.54) is 0 Å². The summed E-state index contributed by atoms with van der Waals surface area (Å²) in [7, 11) is 0. The molecule has 0 amide bonds. The lowest BCUT2D eigenvalue weighted by molar-refractivity contribution is -0.144. The minimum atomic E-state index is -1.04. The molecule has 0 aliphatic rings. The second kappa shape index (κ2) is 5.51. The Morgan fingerprint density at radius 3 is 2.47 bits per heavy atom. The van der Waals surface area contributed by atoms with Gasteiger partial charge in [0.2, 0.25) is 0 Å². The molecule has 1 N–H and O–H groups in total. The molecule has 15 heavy (non-hydrogen) atoms. The smallest absolute Gasteiger partial charge is 0.340 e. The van der Waals surface area contributed by atoms with Crippen LogP contribution in [-0.4, -0.2) is 17.2 Å². The highest BCUT2D eigenvalue weighted by Crippen LogP contribution is 2.11. The summed E-state index contributed by atoms with van der Waals surface area (Å²) in [6.07, 6.45) is -0.615. The Labute approximate surface area is 89.7 Å². The molecule has 1 rings (SSSR count). The van der Waals surface area contributed by atoms with Gasteiger partial charge in [0.1, 0.15) is 5.75 Å². The third-order valence-corrected chi connectivity index (χ3v) is 1.93. The van der Waals surface area contributed by atoms with E-state index in [0.29, 0.717) is 12.2 Å². The SMILES string of the molecule is CC(C)CC(O)C(=O)Oc1ccccc1. The molecular formula is C12H16O3. The highest BCUT2D eigenvalue weighted by Gasteiger charge is 2.18. The number of carbonyl (C=O) groups is 1. The molecule has 0 bridgehead atoms. The number of carbonyl (C=O) groups excluding carboxylic acids is 1. The number of para-hydroxylation sites is 1. The summed E-state index contributed by atoms with van der Waals surface area (Å²) >= 11 is 0. The zero-order valence-corrected chi connectivity index (χ0v) is 9.01. The zero-order chi connectivity index (χ0) is 11.3. The van der Waals surface area contributed by atoms with Crippen molar-refractivity contribution in [3.8, 4) is 5.75 Å². The van der Waals surface area contributed by atoms with Crippen LogP contribution in [0, 0.1) is 5.92 Å². The number of rotatable bonds is 4. The van der Waals surface area contributed by atoms with Gasteiger partial charge in [0.05, 0.1) is 0 Å². The lowest BCUT2D eigenvalue weighted by Gasteiger charge is -2.11. The summed E-state index contributed by atoms with van der Waals surface area (Å²) < 4.78 is 4.99. The van der Waals surface area contributed by atoms with Crippen molar-refractivity contribution in [2.24, 2.45) is 5.92 Å². The van der Waals surface area contributed by atoms with Crippen molar-refractivity contribution in [1.82, 2.24) is 0 Å². The Morgan fingerprint density at radius 1 is 1.33 bits per heavy atom. The van der Waals surface area contributed by atoms with Gasteiger partial charge in [-0.25, -0.2) is 4.79 Å². The van der Waals surface area contributed by atoms with Gasteiger partial charge in [-0.3, -0.25) is 0 Å². The van der Waals surface area contributed by atoms with E-state index in [1.54, 1.807) is 24.3 Å². The molecule has 0 heterocycles. The fraction of sp³-hybridized carbons (Fsp3) is 0.417. The predicted molar refractivity (Wildman–Crippen MR) is 57.5 cm³/mol. The van der Waals surface area contributed by atoms with E-state index in [9.17, 15) is 9.90 Å². The van der Waals surface area contributed by atoms with Crippen LogP contribution in [0.25, 0.3) is 0 Å². The molecular weight excluding hydrogens is 192 g/mol. The van der Waals surface area contributed by atoms with E-state index in [2.05, 4.69) is 0 Å². The first-order chi connectivity index (χ1) is 7.09. The molecule has 0 saturated carbocycles. The second-order valence-electron chi connectivity index (χ2n) is 3.88. The molecule has 0 fully saturated rings. The van der Waals surface area contributed by atoms with E-state index in [1.807, 2.05) is 19.9 Å². The van der Waals surface area contributed by atoms with Crippen molar-refractivity contribution in [2.45, 2.75) is 26.4 Å². The number of benzene rings is 1. The molecule has 1 aromatic rings. The van der Waals surface area contributed by atoms with Crippen LogP contribution in [0.3, 0.4) is 0 Å². The summed E-state index contributed by atoms with van der Waals surface area (Å²) in [6.45, 7) is 3.89. The van der Waals surface area contributed by atoms with E-state index < -0.39 is 12.1 Å². The number of ether oxygens (including phenoxy) is 1. The second-order valence-corrected chi connectivity index (χ2v) is 3.88. The molecule has 0 aliphatic heterocycles. The molecule has 82 valence electrons. The summed E-state index contributed by atoms with van der Waals surface area (Å²) in [4.78, 5) is 11.4. The number of hydrogen-bond donors (Lipinski definition) is 1. The third-order valence-electron chi connectivity index (χ3n) is 1.93. The first kappa shape index (κ1) is 11.7. The van der Waals surface area contributed by atoms with Crippen molar-refractivity contribution in [2.75, 3.05) is 0 Å². The van der Waals surface area contributed by atoms with Crippen LogP contribution < -0.4 is 4.74 Å². The molecule has 1 aromatic carbocycles. The van der Waals surface area contributed by atoms with Crippen LogP contribution in [-0.2, 0) is 4.79 Å². The van der Waals surface area contributed by atoms with Crippen LogP contribution in [0.1, 0.15) is 20.3 Å². The highest BCUT2D eigenvalue weighted by atomic mass is 16.5. The first-order valence-corrected chi connectivity index (χ1v) is 5.04. The largest absolute Gasteiger partial charge is 0.425 e. The highest BCUT2D eigenvalue weighted by molar-refractivity contribution is 5.76. The molecule has 3 heteroatoms. The summed E-state index contributed by atoms with van der Waals surface area (Å²) in [6, 6.07) is 8.75. The lowest BCUT2D eigenvalue weighted by Crippen LogP contribution is -2.26. The summed E-state index contributed by atoms with van der Waals surface area (Å²) in [5.74, 6) is 0.142. The van der Waals surface area contributed by atoms with Crippen molar-refractivity contribution < 1.29 is 14.6 Å². The maximum Gasteiger partial charge on any atom is 0.340 e. The van der Waals surface area contributed by atoms with Crippen molar-refractivity contribution in [3.05, 3.63) is 30.3 Å². The number of aliphatic hydroxyl groups is 1. The van der Waals surface area contributed by atoms with E-state index in [0.717, 1.165) is 0 Å². The number of esters is 1. The van der Waals surface area contributed by atoms with Gasteiger partial charge in [0.25, 0.3) is 0 Å². The number of aliphatic hydroxyl groups excluding tert-OH is 1. The third kappa shape index (κ3) is 4.13. The predicted octanol–water partition coefficient (Wildman–Crippen LogP) is 2.00. The van der Waals surface area contributed by atoms with Gasteiger partial charge in [-0.15, -0.1) is 0 Å². The minimum Gasteiger partial charge on any atom is -0.425 e. The quantitative estimate of drug-likeness (QED) is 0.608. The van der Waals surface area contributed by atoms with Crippen molar-refractivity contribution in [3.63, 3.8) is 0 Å². The average molecular weight is 208 g/mol. The Balaban J connectivity index is 2.49. The molecule has 0 aliphatic carbocycles. The molecule has 1 atom stereocenters. The van der Waals surface area contributed by atoms with E-state index in [4.69, 9.17) is 4.74 Å². The first-order valence-electron chi connectivity index (χ1n) is 5.04. The van der Waals surface area contributed by atoms with Crippen LogP contribution >= 0.6 is 0 Å². The molecule has 1 unspecified atom stereocenters. The Kier molecular flexibility index (Phi) is 4.31. The monoisotopic (exact) mass is 208 g/mol. The summed E-state index contributed by atoms with van der Waals surface area (Å²) in [5, 5.41) is 9.47. The molecule has 3 nitrogen and oxygen atoms in total. The van der Waals surface area contributed by atoms with Gasteiger partial charge in [-0.1, -0.05) is 32.0 Å². The standard InChI is InChI=1S/C12H16O3/c1-9(2)8-11(13)12(14)15-10-6-4-3-5-7-10/h3-7,9,11,13H,8H2,1-2H3. The molecule has 0 spiro atoms. The minimum absolute atomic E-state index is 0.267. The Bertz CT molecular complexity index is 306. The normalized spacial score (nSPS) is 12.5. The van der Waals surface area contributed by atoms with Crippen molar-refractivity contribution >= 4 is 5.97 Å². The van der Waals surface area contributed by atoms with Crippen LogP contribution in [0.5, 0.6) is 5.75 Å². The van der Waals surface area contributed by atoms with Gasteiger partial charge in [-0.2, -0.15) is 0 Å². The topological polar surface area (TPSA) is 46.5 Å². The van der Waals surface area contributed by atoms with E-state index >= 15 is 0 Å². The summed E-state index contributed by atoms with van der Waals surface area (Å²) in [5.41, 5.74) is 0. The Morgan fingerprint density at radius 2 is 1.93 bits per heavy atom. The lowest BCUT2D eigenvalue weighted by atomic mass is 10.1. The van der Waals surface area contributed by atoms with Crippen molar-refractivity contribution in [1.29, 1.82) is 0 Å². The zero-order valence-electron chi connectivity index (χ0n) is 9.01. The number of hydrogen-bond acceptors (Lipinski definition) is 3. The Hall–Kier alpha value is -1.35. The maximum atomic E-state index is 11.4. The van der Waals surface area contributed by atoms with Crippen LogP contribution in [0.2, 0.25) is 0 Å². The maximum absolute atomic E-state index is 11.4. The molecule has 0 aromatic heterocycles. The van der Waals surface area contributed by atoms with Gasteiger partial charge >= 0.3 is 5.97 Å². The fourth-order valence-corrected chi connectivity index (χ4v) is 1.22. The van der Waals surface area contributed by atoms with Gasteiger partial charge in [-0.05, 0) is 24.5 Å². The van der Waals surface area contributed by atoms with Crippen LogP contribution in [0.4, 0.5) is 0 Å². The van der Waals surface area contributed by atoms with Gasteiger partial charge in [0.15, 0.2) is 6.10 Å². The van der Waals surface area contributed by atoms with Crippen LogP contribution in [0.15, 0.2) is 30.3 Å². The van der Waals surface area contributed by atoms with Gasteiger partial charge < -0.3 is 9.84 Å². The average Bonchev–Trinajstić information content (AvgIpc) is 2.18.